The molecule has 16 heavy (non-hydrogen) atoms. The van der Waals surface area contributed by atoms with E-state index in [1.807, 2.05) is 0 Å². The Kier molecular flexibility index (Phi) is 4.37. The number of ether oxygens (including phenoxy) is 1. The van der Waals surface area contributed by atoms with Crippen LogP contribution >= 0.6 is 31.9 Å². The van der Waals surface area contributed by atoms with Crippen molar-refractivity contribution in [1.29, 1.82) is 0 Å². The van der Waals surface area contributed by atoms with Gasteiger partial charge in [-0.05, 0) is 34.1 Å². The molecule has 0 unspecified atom stereocenters. The van der Waals surface area contributed by atoms with Gasteiger partial charge in [-0.15, -0.1) is 13.2 Å². The highest BCUT2D eigenvalue weighted by atomic mass is 79.9. The van der Waals surface area contributed by atoms with E-state index in [4.69, 9.17) is 0 Å². The third-order valence-corrected chi connectivity index (χ3v) is 2.73. The number of carbonyl (C=O) groups excluding carboxylic acids is 1. The molecule has 0 radical (unpaired) electrons. The molecular formula is C9H5Br2F3O2. The molecule has 0 fully saturated rings. The Labute approximate surface area is 106 Å². The Morgan fingerprint density at radius 3 is 2.44 bits per heavy atom. The Hall–Kier alpha value is -0.560. The minimum Gasteiger partial charge on any atom is -0.405 e. The minimum absolute atomic E-state index is 0.0802. The van der Waals surface area contributed by atoms with Gasteiger partial charge in [-0.25, -0.2) is 0 Å². The van der Waals surface area contributed by atoms with Gasteiger partial charge in [-0.2, -0.15) is 0 Å². The summed E-state index contributed by atoms with van der Waals surface area (Å²) < 4.78 is 39.6. The number of benzene rings is 1. The molecule has 0 aromatic heterocycles. The second-order valence-corrected chi connectivity index (χ2v) is 4.16. The van der Waals surface area contributed by atoms with E-state index in [9.17, 15) is 18.0 Å². The van der Waals surface area contributed by atoms with Gasteiger partial charge in [0.15, 0.2) is 5.78 Å². The lowest BCUT2D eigenvalue weighted by Gasteiger charge is -2.10. The molecule has 7 heteroatoms. The number of alkyl halides is 4. The molecule has 1 aromatic rings. The number of ketones is 1. The van der Waals surface area contributed by atoms with E-state index >= 15 is 0 Å². The summed E-state index contributed by atoms with van der Waals surface area (Å²) in [6.07, 6.45) is -4.75. The maximum atomic E-state index is 11.9. The third kappa shape index (κ3) is 3.79. The van der Waals surface area contributed by atoms with E-state index in [-0.39, 0.29) is 21.3 Å². The van der Waals surface area contributed by atoms with Crippen molar-refractivity contribution in [3.05, 3.63) is 28.2 Å². The van der Waals surface area contributed by atoms with Crippen LogP contribution in [-0.2, 0) is 0 Å². The zero-order chi connectivity index (χ0) is 12.3. The summed E-state index contributed by atoms with van der Waals surface area (Å²) in [6.45, 7) is 0. The molecule has 0 amide bonds. The van der Waals surface area contributed by atoms with Gasteiger partial charge < -0.3 is 4.74 Å². The van der Waals surface area contributed by atoms with Gasteiger partial charge in [-0.1, -0.05) is 15.9 Å². The number of hydrogen-bond acceptors (Lipinski definition) is 2. The highest BCUT2D eigenvalue weighted by Crippen LogP contribution is 2.31. The first-order chi connectivity index (χ1) is 7.33. The van der Waals surface area contributed by atoms with Crippen LogP contribution in [0.4, 0.5) is 13.2 Å². The van der Waals surface area contributed by atoms with Crippen LogP contribution in [0, 0.1) is 0 Å². The Morgan fingerprint density at radius 1 is 1.38 bits per heavy atom. The van der Waals surface area contributed by atoms with Crippen LogP contribution in [0.2, 0.25) is 0 Å². The smallest absolute Gasteiger partial charge is 0.405 e. The fourth-order valence-corrected chi connectivity index (χ4v) is 1.74. The molecule has 1 rings (SSSR count). The Bertz CT molecular complexity index is 404. The van der Waals surface area contributed by atoms with Gasteiger partial charge in [0.05, 0.1) is 9.80 Å². The summed E-state index contributed by atoms with van der Waals surface area (Å²) in [4.78, 5) is 11.2. The lowest BCUT2D eigenvalue weighted by atomic mass is 10.1. The quantitative estimate of drug-likeness (QED) is 0.602. The second-order valence-electron chi connectivity index (χ2n) is 2.75. The summed E-state index contributed by atoms with van der Waals surface area (Å²) in [5, 5.41) is 0.110. The molecule has 0 N–H and O–H groups in total. The van der Waals surface area contributed by atoms with Crippen molar-refractivity contribution in [3.63, 3.8) is 0 Å². The van der Waals surface area contributed by atoms with Crippen LogP contribution in [0.3, 0.4) is 0 Å². The first-order valence-electron chi connectivity index (χ1n) is 3.98. The number of rotatable bonds is 3. The molecule has 0 saturated heterocycles. The number of hydrogen-bond donors (Lipinski definition) is 0. The predicted molar refractivity (Wildman–Crippen MR) is 58.9 cm³/mol. The highest BCUT2D eigenvalue weighted by Gasteiger charge is 2.32. The van der Waals surface area contributed by atoms with Crippen LogP contribution in [0.25, 0.3) is 0 Å². The van der Waals surface area contributed by atoms with Gasteiger partial charge in [0.2, 0.25) is 0 Å². The third-order valence-electron chi connectivity index (χ3n) is 1.60. The van der Waals surface area contributed by atoms with Crippen molar-refractivity contribution in [2.45, 2.75) is 6.36 Å². The normalized spacial score (nSPS) is 11.3. The first kappa shape index (κ1) is 13.5. The van der Waals surface area contributed by atoms with E-state index in [0.717, 1.165) is 6.07 Å². The summed E-state index contributed by atoms with van der Waals surface area (Å²) >= 11 is 5.87. The zero-order valence-electron chi connectivity index (χ0n) is 7.65. The predicted octanol–water partition coefficient (Wildman–Crippen LogP) is 3.93. The molecular weight excluding hydrogens is 357 g/mol. The topological polar surface area (TPSA) is 26.3 Å². The van der Waals surface area contributed by atoms with E-state index < -0.39 is 6.36 Å². The lowest BCUT2D eigenvalue weighted by molar-refractivity contribution is -0.274. The van der Waals surface area contributed by atoms with E-state index in [1.54, 1.807) is 0 Å². The molecule has 0 aliphatic rings. The maximum absolute atomic E-state index is 11.9. The molecule has 2 nitrogen and oxygen atoms in total. The molecule has 0 saturated carbocycles. The van der Waals surface area contributed by atoms with Gasteiger partial charge in [0.25, 0.3) is 0 Å². The van der Waals surface area contributed by atoms with Gasteiger partial charge in [0.1, 0.15) is 5.75 Å². The van der Waals surface area contributed by atoms with Crippen LogP contribution in [0.5, 0.6) is 5.75 Å². The molecule has 0 aliphatic heterocycles. The first-order valence-corrected chi connectivity index (χ1v) is 5.89. The van der Waals surface area contributed by atoms with Gasteiger partial charge in [-0.3, -0.25) is 4.79 Å². The standard InChI is InChI=1S/C9H5Br2F3O2/c10-4-7(15)5-1-2-8(6(11)3-5)16-9(12,13)14/h1-3H,4H2. The molecule has 0 spiro atoms. The lowest BCUT2D eigenvalue weighted by Crippen LogP contribution is -2.17. The number of carbonyl (C=O) groups is 1. The van der Waals surface area contributed by atoms with Crippen LogP contribution < -0.4 is 4.74 Å². The van der Waals surface area contributed by atoms with Crippen LogP contribution in [0.15, 0.2) is 22.7 Å². The van der Waals surface area contributed by atoms with Crippen molar-refractivity contribution >= 4 is 37.6 Å². The van der Waals surface area contributed by atoms with Crippen LogP contribution in [-0.4, -0.2) is 17.5 Å². The molecule has 0 bridgehead atoms. The maximum Gasteiger partial charge on any atom is 0.573 e. The van der Waals surface area contributed by atoms with Crippen molar-refractivity contribution in [2.24, 2.45) is 0 Å². The van der Waals surface area contributed by atoms with Crippen LogP contribution in [0.1, 0.15) is 10.4 Å². The summed E-state index contributed by atoms with van der Waals surface area (Å²) in [5.41, 5.74) is 0.304. The van der Waals surface area contributed by atoms with Gasteiger partial charge >= 0.3 is 6.36 Å². The molecule has 0 atom stereocenters. The van der Waals surface area contributed by atoms with E-state index in [1.165, 1.54) is 12.1 Å². The average molecular weight is 362 g/mol. The second kappa shape index (κ2) is 5.18. The monoisotopic (exact) mass is 360 g/mol. The van der Waals surface area contributed by atoms with Crippen molar-refractivity contribution in [3.8, 4) is 5.75 Å². The van der Waals surface area contributed by atoms with Crippen molar-refractivity contribution in [1.82, 2.24) is 0 Å². The Morgan fingerprint density at radius 2 is 2.00 bits per heavy atom. The highest BCUT2D eigenvalue weighted by molar-refractivity contribution is 9.10. The van der Waals surface area contributed by atoms with Crippen molar-refractivity contribution in [2.75, 3.05) is 5.33 Å². The summed E-state index contributed by atoms with van der Waals surface area (Å²) in [6, 6.07) is 3.65. The van der Waals surface area contributed by atoms with Crippen molar-refractivity contribution < 1.29 is 22.7 Å². The zero-order valence-corrected chi connectivity index (χ0v) is 10.8. The largest absolute Gasteiger partial charge is 0.573 e. The van der Waals surface area contributed by atoms with E-state index in [2.05, 4.69) is 36.6 Å². The summed E-state index contributed by atoms with van der Waals surface area (Å²) in [7, 11) is 0. The SMILES string of the molecule is O=C(CBr)c1ccc(OC(F)(F)F)c(Br)c1. The fraction of sp³-hybridized carbons (Fsp3) is 0.222. The molecule has 88 valence electrons. The fourth-order valence-electron chi connectivity index (χ4n) is 0.959. The molecule has 1 aromatic carbocycles. The number of Topliss-reactive ketones (excluding diaryl/α,β-unsaturated/α-hetero) is 1. The average Bonchev–Trinajstić information content (AvgIpc) is 2.18. The summed E-state index contributed by atoms with van der Waals surface area (Å²) in [5.74, 6) is -0.599. The number of halogens is 5. The minimum atomic E-state index is -4.75. The Balaban J connectivity index is 2.96. The molecule has 0 heterocycles. The van der Waals surface area contributed by atoms with Gasteiger partial charge in [0, 0.05) is 5.56 Å². The molecule has 0 aliphatic carbocycles. The van der Waals surface area contributed by atoms with E-state index in [0.29, 0.717) is 5.56 Å².